The van der Waals surface area contributed by atoms with E-state index in [-0.39, 0.29) is 12.1 Å². The normalized spacial score (nSPS) is 10.5. The SMILES string of the molecule is Cc1ccc(CN(C)C(=O)c2ccc(F)cc2F)o1. The van der Waals surface area contributed by atoms with E-state index in [1.807, 2.05) is 0 Å². The lowest BCUT2D eigenvalue weighted by Gasteiger charge is -2.16. The van der Waals surface area contributed by atoms with Crippen molar-refractivity contribution in [3.8, 4) is 0 Å². The van der Waals surface area contributed by atoms with Crippen LogP contribution in [0.15, 0.2) is 34.7 Å². The number of rotatable bonds is 3. The molecule has 0 unspecified atom stereocenters. The topological polar surface area (TPSA) is 33.5 Å². The molecule has 5 heteroatoms. The van der Waals surface area contributed by atoms with Crippen LogP contribution in [0.5, 0.6) is 0 Å². The summed E-state index contributed by atoms with van der Waals surface area (Å²) in [7, 11) is 1.53. The van der Waals surface area contributed by atoms with Gasteiger partial charge in [0.1, 0.15) is 23.2 Å². The Kier molecular flexibility index (Phi) is 3.64. The molecule has 3 nitrogen and oxygen atoms in total. The molecule has 0 aliphatic heterocycles. The third kappa shape index (κ3) is 2.99. The van der Waals surface area contributed by atoms with E-state index in [0.717, 1.165) is 17.9 Å². The van der Waals surface area contributed by atoms with Crippen LogP contribution < -0.4 is 0 Å². The van der Waals surface area contributed by atoms with Gasteiger partial charge in [0.25, 0.3) is 5.91 Å². The predicted molar refractivity (Wildman–Crippen MR) is 65.6 cm³/mol. The summed E-state index contributed by atoms with van der Waals surface area (Å²) in [6.45, 7) is 2.02. The highest BCUT2D eigenvalue weighted by molar-refractivity contribution is 5.94. The maximum atomic E-state index is 13.5. The fourth-order valence-corrected chi connectivity index (χ4v) is 1.74. The fraction of sp³-hybridized carbons (Fsp3) is 0.214. The van der Waals surface area contributed by atoms with Gasteiger partial charge in [-0.3, -0.25) is 4.79 Å². The zero-order chi connectivity index (χ0) is 14.0. The van der Waals surface area contributed by atoms with Crippen LogP contribution in [0.2, 0.25) is 0 Å². The van der Waals surface area contributed by atoms with Crippen molar-refractivity contribution in [3.05, 3.63) is 59.1 Å². The van der Waals surface area contributed by atoms with Gasteiger partial charge in [0.2, 0.25) is 0 Å². The molecule has 0 N–H and O–H groups in total. The molecule has 0 atom stereocenters. The van der Waals surface area contributed by atoms with Gasteiger partial charge in [0, 0.05) is 13.1 Å². The highest BCUT2D eigenvalue weighted by atomic mass is 19.1. The van der Waals surface area contributed by atoms with Gasteiger partial charge in [0.15, 0.2) is 0 Å². The van der Waals surface area contributed by atoms with Crippen LogP contribution in [0, 0.1) is 18.6 Å². The molecule has 0 aliphatic carbocycles. The van der Waals surface area contributed by atoms with Gasteiger partial charge >= 0.3 is 0 Å². The molecule has 1 aromatic carbocycles. The zero-order valence-electron chi connectivity index (χ0n) is 10.6. The third-order valence-corrected chi connectivity index (χ3v) is 2.70. The Morgan fingerprint density at radius 1 is 1.26 bits per heavy atom. The number of carbonyl (C=O) groups is 1. The number of benzene rings is 1. The quantitative estimate of drug-likeness (QED) is 0.854. The average molecular weight is 265 g/mol. The maximum absolute atomic E-state index is 13.5. The first-order valence-electron chi connectivity index (χ1n) is 5.73. The summed E-state index contributed by atoms with van der Waals surface area (Å²) >= 11 is 0. The Morgan fingerprint density at radius 2 is 2.00 bits per heavy atom. The van der Waals surface area contributed by atoms with Crippen molar-refractivity contribution in [2.24, 2.45) is 0 Å². The summed E-state index contributed by atoms with van der Waals surface area (Å²) in [5.74, 6) is -0.753. The standard InChI is InChI=1S/C14H13F2NO2/c1-9-3-5-11(19-9)8-17(2)14(18)12-6-4-10(15)7-13(12)16/h3-7H,8H2,1-2H3. The lowest BCUT2D eigenvalue weighted by Crippen LogP contribution is -2.26. The summed E-state index contributed by atoms with van der Waals surface area (Å²) in [5.41, 5.74) is -0.160. The molecule has 0 radical (unpaired) electrons. The third-order valence-electron chi connectivity index (χ3n) is 2.70. The van der Waals surface area contributed by atoms with Crippen molar-refractivity contribution in [2.75, 3.05) is 7.05 Å². The average Bonchev–Trinajstić information content (AvgIpc) is 2.74. The Hall–Kier alpha value is -2.17. The predicted octanol–water partition coefficient (Wildman–Crippen LogP) is 3.14. The second kappa shape index (κ2) is 5.22. The van der Waals surface area contributed by atoms with E-state index in [0.29, 0.717) is 11.8 Å². The van der Waals surface area contributed by atoms with Gasteiger partial charge in [-0.25, -0.2) is 8.78 Å². The summed E-state index contributed by atoms with van der Waals surface area (Å²) in [4.78, 5) is 13.3. The Bertz CT molecular complexity index is 607. The number of aryl methyl sites for hydroxylation is 1. The van der Waals surface area contributed by atoms with E-state index < -0.39 is 17.5 Å². The van der Waals surface area contributed by atoms with Crippen LogP contribution in [0.4, 0.5) is 8.78 Å². The summed E-state index contributed by atoms with van der Waals surface area (Å²) in [6.07, 6.45) is 0. The monoisotopic (exact) mass is 265 g/mol. The van der Waals surface area contributed by atoms with Crippen LogP contribution in [0.1, 0.15) is 21.9 Å². The van der Waals surface area contributed by atoms with Gasteiger partial charge in [-0.1, -0.05) is 0 Å². The van der Waals surface area contributed by atoms with Crippen LogP contribution in [0.3, 0.4) is 0 Å². The first-order chi connectivity index (χ1) is 8.97. The largest absolute Gasteiger partial charge is 0.464 e. The Balaban J connectivity index is 2.14. The number of amides is 1. The number of halogens is 2. The van der Waals surface area contributed by atoms with E-state index in [9.17, 15) is 13.6 Å². The maximum Gasteiger partial charge on any atom is 0.256 e. The second-order valence-electron chi connectivity index (χ2n) is 4.30. The van der Waals surface area contributed by atoms with E-state index >= 15 is 0 Å². The molecule has 0 fully saturated rings. The molecule has 100 valence electrons. The Labute approximate surface area is 109 Å². The molecule has 0 saturated carbocycles. The Morgan fingerprint density at radius 3 is 2.58 bits per heavy atom. The zero-order valence-corrected chi connectivity index (χ0v) is 10.6. The molecule has 1 amide bonds. The van der Waals surface area contributed by atoms with E-state index in [1.54, 1.807) is 19.1 Å². The summed E-state index contributed by atoms with van der Waals surface area (Å²) in [6, 6.07) is 6.42. The highest BCUT2D eigenvalue weighted by Crippen LogP contribution is 2.14. The van der Waals surface area contributed by atoms with Crippen molar-refractivity contribution in [2.45, 2.75) is 13.5 Å². The molecule has 2 aromatic rings. The van der Waals surface area contributed by atoms with Gasteiger partial charge in [-0.2, -0.15) is 0 Å². The van der Waals surface area contributed by atoms with Crippen LogP contribution in [-0.2, 0) is 6.54 Å². The lowest BCUT2D eigenvalue weighted by molar-refractivity contribution is 0.0770. The first kappa shape index (κ1) is 13.3. The van der Waals surface area contributed by atoms with Gasteiger partial charge in [-0.15, -0.1) is 0 Å². The number of furan rings is 1. The molecule has 19 heavy (non-hydrogen) atoms. The molecule has 0 bridgehead atoms. The van der Waals surface area contributed by atoms with E-state index in [2.05, 4.69) is 0 Å². The highest BCUT2D eigenvalue weighted by Gasteiger charge is 2.17. The number of hydrogen-bond donors (Lipinski definition) is 0. The van der Waals surface area contributed by atoms with Gasteiger partial charge in [-0.05, 0) is 31.2 Å². The minimum absolute atomic E-state index is 0.160. The second-order valence-corrected chi connectivity index (χ2v) is 4.30. The number of hydrogen-bond acceptors (Lipinski definition) is 2. The van der Waals surface area contributed by atoms with Crippen molar-refractivity contribution in [1.29, 1.82) is 0 Å². The smallest absolute Gasteiger partial charge is 0.256 e. The lowest BCUT2D eigenvalue weighted by atomic mass is 10.2. The van der Waals surface area contributed by atoms with Crippen molar-refractivity contribution < 1.29 is 18.0 Å². The van der Waals surface area contributed by atoms with Crippen molar-refractivity contribution in [3.63, 3.8) is 0 Å². The van der Waals surface area contributed by atoms with Crippen molar-refractivity contribution >= 4 is 5.91 Å². The number of nitrogens with zero attached hydrogens (tertiary/aromatic N) is 1. The molecule has 0 spiro atoms. The van der Waals surface area contributed by atoms with E-state index in [4.69, 9.17) is 4.42 Å². The molecule has 0 saturated heterocycles. The van der Waals surface area contributed by atoms with Gasteiger partial charge in [0.05, 0.1) is 12.1 Å². The van der Waals surface area contributed by atoms with Crippen LogP contribution >= 0.6 is 0 Å². The molecule has 0 aliphatic rings. The fourth-order valence-electron chi connectivity index (χ4n) is 1.74. The molecular formula is C14H13F2NO2. The van der Waals surface area contributed by atoms with E-state index in [1.165, 1.54) is 11.9 Å². The first-order valence-corrected chi connectivity index (χ1v) is 5.73. The molecule has 2 rings (SSSR count). The van der Waals surface area contributed by atoms with Crippen molar-refractivity contribution in [1.82, 2.24) is 4.90 Å². The minimum atomic E-state index is -0.868. The molecule has 1 heterocycles. The van der Waals surface area contributed by atoms with Gasteiger partial charge < -0.3 is 9.32 Å². The number of carbonyl (C=O) groups excluding carboxylic acids is 1. The van der Waals surface area contributed by atoms with Crippen LogP contribution in [-0.4, -0.2) is 17.9 Å². The van der Waals surface area contributed by atoms with Crippen LogP contribution in [0.25, 0.3) is 0 Å². The minimum Gasteiger partial charge on any atom is -0.464 e. The summed E-state index contributed by atoms with van der Waals surface area (Å²) < 4.78 is 31.6. The molecular weight excluding hydrogens is 252 g/mol. The summed E-state index contributed by atoms with van der Waals surface area (Å²) in [5, 5.41) is 0. The molecule has 1 aromatic heterocycles.